The summed E-state index contributed by atoms with van der Waals surface area (Å²) in [6.45, 7) is 3.78. The van der Waals surface area contributed by atoms with Gasteiger partial charge < -0.3 is 11.1 Å². The Labute approximate surface area is 89.7 Å². The summed E-state index contributed by atoms with van der Waals surface area (Å²) in [5.41, 5.74) is 7.73. The van der Waals surface area contributed by atoms with Gasteiger partial charge in [-0.3, -0.25) is 0 Å². The Balaban J connectivity index is 2.23. The van der Waals surface area contributed by atoms with E-state index >= 15 is 0 Å². The normalized spacial score (nSPS) is 20.9. The Morgan fingerprint density at radius 3 is 3.13 bits per heavy atom. The van der Waals surface area contributed by atoms with Gasteiger partial charge in [0.25, 0.3) is 0 Å². The SMILES string of the molecule is CC(CCN)C1CNc2ccc(F)cc21. The van der Waals surface area contributed by atoms with Crippen molar-refractivity contribution in [3.05, 3.63) is 29.6 Å². The zero-order valence-corrected chi connectivity index (χ0v) is 8.96. The molecule has 1 heterocycles. The molecule has 3 N–H and O–H groups in total. The Morgan fingerprint density at radius 1 is 1.60 bits per heavy atom. The lowest BCUT2D eigenvalue weighted by molar-refractivity contribution is 0.457. The largest absolute Gasteiger partial charge is 0.384 e. The maximum Gasteiger partial charge on any atom is 0.123 e. The van der Waals surface area contributed by atoms with Gasteiger partial charge in [0.1, 0.15) is 5.82 Å². The first-order valence-electron chi connectivity index (χ1n) is 5.45. The number of benzene rings is 1. The zero-order chi connectivity index (χ0) is 10.8. The topological polar surface area (TPSA) is 38.0 Å². The maximum absolute atomic E-state index is 13.1. The van der Waals surface area contributed by atoms with Crippen molar-refractivity contribution in [3.63, 3.8) is 0 Å². The summed E-state index contributed by atoms with van der Waals surface area (Å²) in [6, 6.07) is 4.97. The molecular weight excluding hydrogens is 191 g/mol. The molecule has 3 heteroatoms. The second-order valence-electron chi connectivity index (χ2n) is 4.27. The van der Waals surface area contributed by atoms with Gasteiger partial charge in [0, 0.05) is 18.2 Å². The summed E-state index contributed by atoms with van der Waals surface area (Å²) in [7, 11) is 0. The highest BCUT2D eigenvalue weighted by Gasteiger charge is 2.26. The van der Waals surface area contributed by atoms with Crippen LogP contribution in [0, 0.1) is 11.7 Å². The first-order chi connectivity index (χ1) is 7.22. The lowest BCUT2D eigenvalue weighted by Gasteiger charge is -2.18. The summed E-state index contributed by atoms with van der Waals surface area (Å²) in [6.07, 6.45) is 0.988. The van der Waals surface area contributed by atoms with Gasteiger partial charge in [-0.15, -0.1) is 0 Å². The Bertz CT molecular complexity index is 351. The lowest BCUT2D eigenvalue weighted by Crippen LogP contribution is -2.15. The first kappa shape index (κ1) is 10.4. The summed E-state index contributed by atoms with van der Waals surface area (Å²) in [5.74, 6) is 0.757. The van der Waals surface area contributed by atoms with Gasteiger partial charge in [0.15, 0.2) is 0 Å². The summed E-state index contributed by atoms with van der Waals surface area (Å²) < 4.78 is 13.1. The average Bonchev–Trinajstić information content (AvgIpc) is 2.60. The minimum atomic E-state index is -0.151. The number of anilines is 1. The molecule has 0 fully saturated rings. The fraction of sp³-hybridized carbons (Fsp3) is 0.500. The van der Waals surface area contributed by atoms with Crippen molar-refractivity contribution in [1.82, 2.24) is 0 Å². The summed E-state index contributed by atoms with van der Waals surface area (Å²) >= 11 is 0. The first-order valence-corrected chi connectivity index (χ1v) is 5.45. The predicted molar refractivity (Wildman–Crippen MR) is 60.5 cm³/mol. The van der Waals surface area contributed by atoms with Gasteiger partial charge in [-0.25, -0.2) is 4.39 Å². The van der Waals surface area contributed by atoms with Gasteiger partial charge in [0.2, 0.25) is 0 Å². The molecule has 1 aliphatic heterocycles. The Hall–Kier alpha value is -1.09. The molecule has 1 aromatic rings. The molecule has 0 bridgehead atoms. The van der Waals surface area contributed by atoms with Crippen molar-refractivity contribution in [1.29, 1.82) is 0 Å². The van der Waals surface area contributed by atoms with Crippen LogP contribution in [0.5, 0.6) is 0 Å². The van der Waals surface area contributed by atoms with Crippen molar-refractivity contribution in [2.45, 2.75) is 19.3 Å². The van der Waals surface area contributed by atoms with Crippen LogP contribution in [0.4, 0.5) is 10.1 Å². The molecular formula is C12H17FN2. The van der Waals surface area contributed by atoms with Crippen LogP contribution in [0.1, 0.15) is 24.8 Å². The number of hydrogen-bond donors (Lipinski definition) is 2. The molecule has 15 heavy (non-hydrogen) atoms. The second-order valence-corrected chi connectivity index (χ2v) is 4.27. The fourth-order valence-corrected chi connectivity index (χ4v) is 2.30. The highest BCUT2D eigenvalue weighted by atomic mass is 19.1. The summed E-state index contributed by atoms with van der Waals surface area (Å²) in [5, 5.41) is 3.31. The minimum Gasteiger partial charge on any atom is -0.384 e. The molecule has 0 spiro atoms. The second kappa shape index (κ2) is 4.19. The molecule has 0 amide bonds. The predicted octanol–water partition coefficient (Wildman–Crippen LogP) is 2.32. The Kier molecular flexibility index (Phi) is 2.91. The molecule has 2 nitrogen and oxygen atoms in total. The van der Waals surface area contributed by atoms with Crippen LogP contribution < -0.4 is 11.1 Å². The van der Waals surface area contributed by atoms with Gasteiger partial charge in [0.05, 0.1) is 0 Å². The number of nitrogens with two attached hydrogens (primary N) is 1. The maximum atomic E-state index is 13.1. The van der Waals surface area contributed by atoms with Crippen LogP contribution in [0.15, 0.2) is 18.2 Å². The van der Waals surface area contributed by atoms with Gasteiger partial charge >= 0.3 is 0 Å². The van der Waals surface area contributed by atoms with Crippen molar-refractivity contribution >= 4 is 5.69 Å². The summed E-state index contributed by atoms with van der Waals surface area (Å²) in [4.78, 5) is 0. The number of fused-ring (bicyclic) bond motifs is 1. The monoisotopic (exact) mass is 208 g/mol. The molecule has 2 rings (SSSR count). The molecule has 0 saturated carbocycles. The average molecular weight is 208 g/mol. The van der Waals surface area contributed by atoms with Crippen LogP contribution in [-0.4, -0.2) is 13.1 Å². The van der Waals surface area contributed by atoms with Crippen LogP contribution in [-0.2, 0) is 0 Å². The highest BCUT2D eigenvalue weighted by molar-refractivity contribution is 5.57. The third-order valence-corrected chi connectivity index (χ3v) is 3.23. The van der Waals surface area contributed by atoms with E-state index in [1.165, 1.54) is 6.07 Å². The van der Waals surface area contributed by atoms with Crippen molar-refractivity contribution in [3.8, 4) is 0 Å². The number of nitrogens with one attached hydrogen (secondary N) is 1. The van der Waals surface area contributed by atoms with Crippen molar-refractivity contribution < 1.29 is 4.39 Å². The fourth-order valence-electron chi connectivity index (χ4n) is 2.30. The van der Waals surface area contributed by atoms with E-state index in [-0.39, 0.29) is 5.82 Å². The van der Waals surface area contributed by atoms with E-state index in [1.807, 2.05) is 6.07 Å². The molecule has 2 atom stereocenters. The van der Waals surface area contributed by atoms with Gasteiger partial charge in [-0.05, 0) is 42.6 Å². The van der Waals surface area contributed by atoms with E-state index in [0.717, 1.165) is 24.2 Å². The standard InChI is InChI=1S/C12H17FN2/c1-8(4-5-14)11-7-15-12-3-2-9(13)6-10(11)12/h2-3,6,8,11,15H,4-5,7,14H2,1H3. The van der Waals surface area contributed by atoms with Crippen LogP contribution in [0.3, 0.4) is 0 Å². The van der Waals surface area contributed by atoms with Crippen LogP contribution in [0.25, 0.3) is 0 Å². The Morgan fingerprint density at radius 2 is 2.40 bits per heavy atom. The molecule has 1 aromatic carbocycles. The van der Waals surface area contributed by atoms with E-state index in [1.54, 1.807) is 6.07 Å². The molecule has 0 radical (unpaired) electrons. The highest BCUT2D eigenvalue weighted by Crippen LogP contribution is 2.37. The molecule has 0 saturated heterocycles. The van der Waals surface area contributed by atoms with E-state index in [0.29, 0.717) is 18.4 Å². The molecule has 1 aliphatic rings. The van der Waals surface area contributed by atoms with E-state index in [2.05, 4.69) is 12.2 Å². The van der Waals surface area contributed by atoms with Crippen LogP contribution >= 0.6 is 0 Å². The third kappa shape index (κ3) is 1.97. The van der Waals surface area contributed by atoms with Crippen molar-refractivity contribution in [2.75, 3.05) is 18.4 Å². The van der Waals surface area contributed by atoms with E-state index in [4.69, 9.17) is 5.73 Å². The minimum absolute atomic E-state index is 0.151. The van der Waals surface area contributed by atoms with Crippen molar-refractivity contribution in [2.24, 2.45) is 11.7 Å². The smallest absolute Gasteiger partial charge is 0.123 e. The van der Waals surface area contributed by atoms with Gasteiger partial charge in [-0.2, -0.15) is 0 Å². The van der Waals surface area contributed by atoms with Crippen LogP contribution in [0.2, 0.25) is 0 Å². The lowest BCUT2D eigenvalue weighted by atomic mass is 9.87. The molecule has 0 aromatic heterocycles. The van der Waals surface area contributed by atoms with E-state index < -0.39 is 0 Å². The third-order valence-electron chi connectivity index (χ3n) is 3.23. The molecule has 2 unspecified atom stereocenters. The number of hydrogen-bond acceptors (Lipinski definition) is 2. The number of halogens is 1. The number of rotatable bonds is 3. The van der Waals surface area contributed by atoms with Gasteiger partial charge in [-0.1, -0.05) is 6.92 Å². The zero-order valence-electron chi connectivity index (χ0n) is 8.96. The molecule has 0 aliphatic carbocycles. The quantitative estimate of drug-likeness (QED) is 0.800. The van der Waals surface area contributed by atoms with E-state index in [9.17, 15) is 4.39 Å². The molecule has 82 valence electrons.